The number of hydrogen-bond donors (Lipinski definition) is 0. The molecule has 3 rings (SSSR count). The van der Waals surface area contributed by atoms with Gasteiger partial charge >= 0.3 is 0 Å². The Balaban J connectivity index is 1.58. The molecule has 0 saturated carbocycles. The lowest BCUT2D eigenvalue weighted by Crippen LogP contribution is -2.32. The Bertz CT molecular complexity index is 941. The van der Waals surface area contributed by atoms with E-state index in [2.05, 4.69) is 76.2 Å². The normalized spacial score (nSPS) is 14.5. The van der Waals surface area contributed by atoms with Gasteiger partial charge in [-0.3, -0.25) is 4.90 Å². The number of aldehydes is 1. The Labute approximate surface area is 181 Å². The van der Waals surface area contributed by atoms with Crippen LogP contribution in [0.15, 0.2) is 54.6 Å². The molecule has 0 bridgehead atoms. The lowest BCUT2D eigenvalue weighted by molar-refractivity contribution is -0.115. The first-order valence-electron chi connectivity index (χ1n) is 10.6. The average molecular weight is 401 g/mol. The van der Waals surface area contributed by atoms with Crippen LogP contribution in [-0.2, 0) is 4.79 Å². The van der Waals surface area contributed by atoms with Gasteiger partial charge < -0.3 is 9.69 Å². The molecule has 3 heteroatoms. The van der Waals surface area contributed by atoms with E-state index in [1.807, 2.05) is 27.9 Å². The maximum Gasteiger partial charge on any atom is 0.125 e. The molecule has 3 nitrogen and oxygen atoms in total. The zero-order valence-electron chi connectivity index (χ0n) is 18.6. The van der Waals surface area contributed by atoms with Crippen molar-refractivity contribution in [1.29, 1.82) is 0 Å². The zero-order chi connectivity index (χ0) is 21.6. The van der Waals surface area contributed by atoms with Gasteiger partial charge in [-0.2, -0.15) is 0 Å². The van der Waals surface area contributed by atoms with Gasteiger partial charge in [0.25, 0.3) is 0 Å². The van der Waals surface area contributed by atoms with Crippen molar-refractivity contribution in [3.63, 3.8) is 0 Å². The maximum absolute atomic E-state index is 11.1. The van der Waals surface area contributed by atoms with E-state index in [1.165, 1.54) is 16.8 Å². The van der Waals surface area contributed by atoms with Crippen LogP contribution in [0.2, 0.25) is 0 Å². The van der Waals surface area contributed by atoms with Gasteiger partial charge in [-0.15, -0.1) is 0 Å². The average Bonchev–Trinajstić information content (AvgIpc) is 2.77. The van der Waals surface area contributed by atoms with Gasteiger partial charge in [-0.25, -0.2) is 0 Å². The highest BCUT2D eigenvalue weighted by Gasteiger charge is 2.19. The van der Waals surface area contributed by atoms with Gasteiger partial charge in [0.1, 0.15) is 6.29 Å². The molecule has 0 spiro atoms. The Hall–Kier alpha value is -2.83. The lowest BCUT2D eigenvalue weighted by atomic mass is 9.91. The van der Waals surface area contributed by atoms with Crippen LogP contribution in [0, 0.1) is 17.3 Å². The van der Waals surface area contributed by atoms with Gasteiger partial charge in [-0.05, 0) is 66.9 Å². The first-order valence-corrected chi connectivity index (χ1v) is 10.6. The molecular formula is C27H32N2O. The van der Waals surface area contributed by atoms with Crippen LogP contribution in [0.3, 0.4) is 0 Å². The van der Waals surface area contributed by atoms with Crippen LogP contribution < -0.4 is 4.90 Å². The third-order valence-electron chi connectivity index (χ3n) is 5.68. The van der Waals surface area contributed by atoms with E-state index in [-0.39, 0.29) is 5.41 Å². The smallest absolute Gasteiger partial charge is 0.125 e. The molecule has 30 heavy (non-hydrogen) atoms. The van der Waals surface area contributed by atoms with Gasteiger partial charge in [0.2, 0.25) is 0 Å². The van der Waals surface area contributed by atoms with Gasteiger partial charge in [-0.1, -0.05) is 43.9 Å². The second-order valence-electron chi connectivity index (χ2n) is 8.91. The molecule has 1 aliphatic heterocycles. The summed E-state index contributed by atoms with van der Waals surface area (Å²) in [6, 6.07) is 16.9. The molecular weight excluding hydrogens is 368 g/mol. The molecule has 1 aliphatic rings. The van der Waals surface area contributed by atoms with Crippen LogP contribution in [0.1, 0.15) is 43.4 Å². The third kappa shape index (κ3) is 6.08. The number of benzene rings is 2. The second kappa shape index (κ2) is 9.78. The van der Waals surface area contributed by atoms with Crippen LogP contribution in [-0.4, -0.2) is 44.9 Å². The van der Waals surface area contributed by atoms with Crippen molar-refractivity contribution in [3.8, 4) is 11.8 Å². The third-order valence-corrected chi connectivity index (χ3v) is 5.68. The summed E-state index contributed by atoms with van der Waals surface area (Å²) in [6.45, 7) is 6.99. The predicted octanol–water partition coefficient (Wildman–Crippen LogP) is 4.86. The standard InChI is InChI=1S/C27H32N2O/c1-27(2,21-30)17-20-29-18-15-25(16-19-29)24-11-7-22(8-12-24)5-6-23-9-13-26(14-10-23)28(3)4/h7-15,21H,16-20H2,1-4H3. The van der Waals surface area contributed by atoms with Crippen LogP contribution in [0.5, 0.6) is 0 Å². The number of rotatable bonds is 6. The van der Waals surface area contributed by atoms with E-state index < -0.39 is 0 Å². The number of nitrogens with zero attached hydrogens (tertiary/aromatic N) is 2. The summed E-state index contributed by atoms with van der Waals surface area (Å²) in [6.07, 6.45) is 5.35. The van der Waals surface area contributed by atoms with E-state index >= 15 is 0 Å². The summed E-state index contributed by atoms with van der Waals surface area (Å²) >= 11 is 0. The fourth-order valence-electron chi connectivity index (χ4n) is 3.44. The van der Waals surface area contributed by atoms with Crippen molar-refractivity contribution in [2.45, 2.75) is 26.7 Å². The number of carbonyl (C=O) groups is 1. The summed E-state index contributed by atoms with van der Waals surface area (Å²) in [4.78, 5) is 15.6. The first-order chi connectivity index (χ1) is 14.4. The molecule has 0 radical (unpaired) electrons. The second-order valence-corrected chi connectivity index (χ2v) is 8.91. The molecule has 0 fully saturated rings. The quantitative estimate of drug-likeness (QED) is 0.511. The van der Waals surface area contributed by atoms with Crippen molar-refractivity contribution in [1.82, 2.24) is 4.90 Å². The van der Waals surface area contributed by atoms with Gasteiger partial charge in [0, 0.05) is 49.4 Å². The van der Waals surface area contributed by atoms with Crippen molar-refractivity contribution < 1.29 is 4.79 Å². The number of hydrogen-bond acceptors (Lipinski definition) is 3. The fraction of sp³-hybridized carbons (Fsp3) is 0.370. The van der Waals surface area contributed by atoms with E-state index in [0.29, 0.717) is 0 Å². The van der Waals surface area contributed by atoms with E-state index in [4.69, 9.17) is 0 Å². The highest BCUT2D eigenvalue weighted by atomic mass is 16.1. The molecule has 0 aromatic heterocycles. The van der Waals surface area contributed by atoms with E-state index in [9.17, 15) is 4.79 Å². The van der Waals surface area contributed by atoms with Crippen molar-refractivity contribution in [2.75, 3.05) is 38.6 Å². The Kier molecular flexibility index (Phi) is 7.13. The maximum atomic E-state index is 11.1. The molecule has 156 valence electrons. The molecule has 2 aromatic rings. The summed E-state index contributed by atoms with van der Waals surface area (Å²) in [5.41, 5.74) is 5.69. The summed E-state index contributed by atoms with van der Waals surface area (Å²) in [7, 11) is 4.08. The van der Waals surface area contributed by atoms with E-state index in [0.717, 1.165) is 49.9 Å². The highest BCUT2D eigenvalue weighted by Crippen LogP contribution is 2.24. The highest BCUT2D eigenvalue weighted by molar-refractivity contribution is 5.67. The van der Waals surface area contributed by atoms with Crippen LogP contribution in [0.4, 0.5) is 5.69 Å². The van der Waals surface area contributed by atoms with Crippen molar-refractivity contribution >= 4 is 17.5 Å². The van der Waals surface area contributed by atoms with Crippen molar-refractivity contribution in [2.24, 2.45) is 5.41 Å². The lowest BCUT2D eigenvalue weighted by Gasteiger charge is -2.29. The minimum Gasteiger partial charge on any atom is -0.378 e. The van der Waals surface area contributed by atoms with E-state index in [1.54, 1.807) is 0 Å². The van der Waals surface area contributed by atoms with Gasteiger partial charge in [0.15, 0.2) is 0 Å². The summed E-state index contributed by atoms with van der Waals surface area (Å²) in [5, 5.41) is 0. The SMILES string of the molecule is CN(C)c1ccc(C#Cc2ccc(C3=CCN(CCC(C)(C)C=O)CC3)cc2)cc1. The predicted molar refractivity (Wildman–Crippen MR) is 127 cm³/mol. The number of carbonyl (C=O) groups excluding carboxylic acids is 1. The Morgan fingerprint density at radius 3 is 2.10 bits per heavy atom. The molecule has 0 unspecified atom stereocenters. The molecule has 2 aromatic carbocycles. The summed E-state index contributed by atoms with van der Waals surface area (Å²) < 4.78 is 0. The van der Waals surface area contributed by atoms with Crippen molar-refractivity contribution in [3.05, 3.63) is 71.3 Å². The van der Waals surface area contributed by atoms with Crippen LogP contribution >= 0.6 is 0 Å². The van der Waals surface area contributed by atoms with Crippen LogP contribution in [0.25, 0.3) is 5.57 Å². The minimum absolute atomic E-state index is 0.227. The molecule has 0 N–H and O–H groups in total. The molecule has 1 heterocycles. The molecule has 0 saturated heterocycles. The number of anilines is 1. The molecule has 0 aliphatic carbocycles. The zero-order valence-corrected chi connectivity index (χ0v) is 18.6. The molecule has 0 atom stereocenters. The largest absolute Gasteiger partial charge is 0.378 e. The minimum atomic E-state index is -0.227. The topological polar surface area (TPSA) is 23.6 Å². The fourth-order valence-corrected chi connectivity index (χ4v) is 3.44. The Morgan fingerprint density at radius 2 is 1.60 bits per heavy atom. The summed E-state index contributed by atoms with van der Waals surface area (Å²) in [5.74, 6) is 6.51. The first kappa shape index (κ1) is 21.9. The monoisotopic (exact) mass is 400 g/mol. The van der Waals surface area contributed by atoms with Gasteiger partial charge in [0.05, 0.1) is 0 Å². The molecule has 0 amide bonds. The Morgan fingerprint density at radius 1 is 1.00 bits per heavy atom.